The number of thioether (sulfide) groups is 2. The van der Waals surface area contributed by atoms with E-state index >= 15 is 0 Å². The van der Waals surface area contributed by atoms with Crippen LogP contribution in [0.25, 0.3) is 0 Å². The molecule has 0 nitrogen and oxygen atoms in total. The first-order chi connectivity index (χ1) is 5.97. The van der Waals surface area contributed by atoms with Crippen LogP contribution in [0.3, 0.4) is 0 Å². The second-order valence-electron chi connectivity index (χ2n) is 5.05. The van der Waals surface area contributed by atoms with Gasteiger partial charge in [0.05, 0.1) is 4.08 Å². The molecule has 0 radical (unpaired) electrons. The first kappa shape index (κ1) is 12.0. The van der Waals surface area contributed by atoms with Crippen LogP contribution < -0.4 is 0 Å². The highest BCUT2D eigenvalue weighted by Crippen LogP contribution is 2.49. The summed E-state index contributed by atoms with van der Waals surface area (Å²) in [5.74, 6) is 2.79. The van der Waals surface area contributed by atoms with Gasteiger partial charge < -0.3 is 0 Å². The summed E-state index contributed by atoms with van der Waals surface area (Å²) >= 11 is 4.47. The molecule has 0 aliphatic carbocycles. The van der Waals surface area contributed by atoms with E-state index in [9.17, 15) is 0 Å². The van der Waals surface area contributed by atoms with Crippen molar-refractivity contribution in [2.75, 3.05) is 11.5 Å². The largest absolute Gasteiger partial charge is 0.144 e. The maximum atomic E-state index is 2.50. The lowest BCUT2D eigenvalue weighted by atomic mass is 10.3. The Labute approximate surface area is 92.6 Å². The lowest BCUT2D eigenvalue weighted by molar-refractivity contribution is 0.817. The van der Waals surface area contributed by atoms with E-state index in [1.807, 2.05) is 0 Å². The molecule has 0 spiro atoms. The Morgan fingerprint density at radius 2 is 1.69 bits per heavy atom. The second kappa shape index (κ2) is 4.62. The predicted octanol–water partition coefficient (Wildman–Crippen LogP) is 4.30. The minimum absolute atomic E-state index is 0.600. The maximum Gasteiger partial charge on any atom is 0.0585 e. The third-order valence-electron chi connectivity index (χ3n) is 2.36. The van der Waals surface area contributed by atoms with E-state index in [4.69, 9.17) is 0 Å². The molecule has 0 N–H and O–H groups in total. The molecule has 0 unspecified atom stereocenters. The Balaban J connectivity index is 2.57. The SMILES string of the molecule is CCC1(C[Si](C)(C)C)SCCCS1. The molecule has 1 aliphatic rings. The lowest BCUT2D eigenvalue weighted by Gasteiger charge is -2.39. The van der Waals surface area contributed by atoms with Crippen LogP contribution in [0, 0.1) is 0 Å². The summed E-state index contributed by atoms with van der Waals surface area (Å²) in [6.07, 6.45) is 2.77. The van der Waals surface area contributed by atoms with Crippen LogP contribution in [-0.4, -0.2) is 23.7 Å². The van der Waals surface area contributed by atoms with Gasteiger partial charge in [-0.3, -0.25) is 0 Å². The third-order valence-corrected chi connectivity index (χ3v) is 8.14. The van der Waals surface area contributed by atoms with Crippen LogP contribution in [0.2, 0.25) is 25.7 Å². The predicted molar refractivity (Wildman–Crippen MR) is 70.7 cm³/mol. The van der Waals surface area contributed by atoms with Crippen molar-refractivity contribution in [3.8, 4) is 0 Å². The highest BCUT2D eigenvalue weighted by Gasteiger charge is 2.36. The number of hydrogen-bond donors (Lipinski definition) is 0. The highest BCUT2D eigenvalue weighted by molar-refractivity contribution is 8.18. The molecular weight excluding hydrogens is 212 g/mol. The van der Waals surface area contributed by atoms with Crippen molar-refractivity contribution in [3.63, 3.8) is 0 Å². The number of rotatable bonds is 3. The van der Waals surface area contributed by atoms with Crippen LogP contribution in [0.5, 0.6) is 0 Å². The Morgan fingerprint density at radius 1 is 1.15 bits per heavy atom. The molecular formula is C10H22S2Si. The molecule has 1 saturated heterocycles. The zero-order valence-electron chi connectivity index (χ0n) is 9.35. The lowest BCUT2D eigenvalue weighted by Crippen LogP contribution is -2.34. The summed E-state index contributed by atoms with van der Waals surface area (Å²) < 4.78 is 0.600. The highest BCUT2D eigenvalue weighted by atomic mass is 32.2. The van der Waals surface area contributed by atoms with Gasteiger partial charge in [-0.2, -0.15) is 0 Å². The molecule has 1 rings (SSSR count). The first-order valence-electron chi connectivity index (χ1n) is 5.25. The van der Waals surface area contributed by atoms with Crippen molar-refractivity contribution in [2.24, 2.45) is 0 Å². The summed E-state index contributed by atoms with van der Waals surface area (Å²) in [5, 5.41) is 0. The average Bonchev–Trinajstić information content (AvgIpc) is 2.03. The minimum atomic E-state index is -0.880. The second-order valence-corrected chi connectivity index (χ2v) is 13.7. The van der Waals surface area contributed by atoms with Crippen molar-refractivity contribution in [3.05, 3.63) is 0 Å². The quantitative estimate of drug-likeness (QED) is 0.668. The Hall–Kier alpha value is 0.917. The maximum absolute atomic E-state index is 2.50. The Kier molecular flexibility index (Phi) is 4.26. The van der Waals surface area contributed by atoms with E-state index in [1.54, 1.807) is 0 Å². The normalized spacial score (nSPS) is 23.1. The number of hydrogen-bond acceptors (Lipinski definition) is 2. The summed E-state index contributed by atoms with van der Waals surface area (Å²) in [6.45, 7) is 9.87. The van der Waals surface area contributed by atoms with E-state index < -0.39 is 8.07 Å². The van der Waals surface area contributed by atoms with E-state index in [-0.39, 0.29) is 0 Å². The zero-order valence-corrected chi connectivity index (χ0v) is 12.0. The Morgan fingerprint density at radius 3 is 2.08 bits per heavy atom. The van der Waals surface area contributed by atoms with E-state index in [1.165, 1.54) is 30.4 Å². The summed E-state index contributed by atoms with van der Waals surface area (Å²) in [4.78, 5) is 0. The molecule has 1 heterocycles. The molecule has 0 aromatic rings. The van der Waals surface area contributed by atoms with Gasteiger partial charge in [0.15, 0.2) is 0 Å². The smallest absolute Gasteiger partial charge is 0.0585 e. The molecule has 0 amide bonds. The average molecular weight is 235 g/mol. The topological polar surface area (TPSA) is 0 Å². The van der Waals surface area contributed by atoms with Gasteiger partial charge in [0.1, 0.15) is 0 Å². The van der Waals surface area contributed by atoms with Gasteiger partial charge in [-0.05, 0) is 30.4 Å². The zero-order chi connectivity index (χ0) is 9.95. The van der Waals surface area contributed by atoms with Crippen LogP contribution in [0.4, 0.5) is 0 Å². The van der Waals surface area contributed by atoms with Crippen molar-refractivity contribution < 1.29 is 0 Å². The summed E-state index contributed by atoms with van der Waals surface area (Å²) in [7, 11) is -0.880. The van der Waals surface area contributed by atoms with Crippen molar-refractivity contribution in [2.45, 2.75) is 49.5 Å². The van der Waals surface area contributed by atoms with Gasteiger partial charge in [-0.15, -0.1) is 23.5 Å². The van der Waals surface area contributed by atoms with Crippen molar-refractivity contribution in [1.29, 1.82) is 0 Å². The van der Waals surface area contributed by atoms with Gasteiger partial charge in [0, 0.05) is 8.07 Å². The van der Waals surface area contributed by atoms with Gasteiger partial charge in [-0.1, -0.05) is 26.6 Å². The third kappa shape index (κ3) is 3.88. The van der Waals surface area contributed by atoms with Crippen molar-refractivity contribution in [1.82, 2.24) is 0 Å². The van der Waals surface area contributed by atoms with Crippen LogP contribution in [0.1, 0.15) is 19.8 Å². The molecule has 1 fully saturated rings. The Bertz CT molecular complexity index is 157. The molecule has 0 aromatic heterocycles. The summed E-state index contributed by atoms with van der Waals surface area (Å²) in [6, 6.07) is 1.49. The van der Waals surface area contributed by atoms with Crippen molar-refractivity contribution >= 4 is 31.6 Å². The summed E-state index contributed by atoms with van der Waals surface area (Å²) in [5.41, 5.74) is 0. The van der Waals surface area contributed by atoms with Crippen LogP contribution >= 0.6 is 23.5 Å². The van der Waals surface area contributed by atoms with Crippen LogP contribution in [-0.2, 0) is 0 Å². The van der Waals surface area contributed by atoms with E-state index in [2.05, 4.69) is 50.1 Å². The van der Waals surface area contributed by atoms with E-state index in [0.717, 1.165) is 0 Å². The van der Waals surface area contributed by atoms with Gasteiger partial charge in [0.2, 0.25) is 0 Å². The van der Waals surface area contributed by atoms with Crippen LogP contribution in [0.15, 0.2) is 0 Å². The van der Waals surface area contributed by atoms with Gasteiger partial charge in [-0.25, -0.2) is 0 Å². The molecule has 13 heavy (non-hydrogen) atoms. The molecule has 3 heteroatoms. The fourth-order valence-electron chi connectivity index (χ4n) is 1.86. The molecule has 0 atom stereocenters. The molecule has 0 bridgehead atoms. The first-order valence-corrected chi connectivity index (χ1v) is 10.9. The van der Waals surface area contributed by atoms with Gasteiger partial charge in [0.25, 0.3) is 0 Å². The fourth-order valence-corrected chi connectivity index (χ4v) is 9.88. The molecule has 0 saturated carbocycles. The molecule has 0 aromatic carbocycles. The minimum Gasteiger partial charge on any atom is -0.144 e. The fraction of sp³-hybridized carbons (Fsp3) is 1.00. The molecule has 1 aliphatic heterocycles. The monoisotopic (exact) mass is 234 g/mol. The molecule has 78 valence electrons. The van der Waals surface area contributed by atoms with Gasteiger partial charge >= 0.3 is 0 Å². The van der Waals surface area contributed by atoms with E-state index in [0.29, 0.717) is 4.08 Å². The standard InChI is InChI=1S/C10H22S2Si/c1-5-10(9-13(2,3)4)11-7-6-8-12-10/h5-9H2,1-4H3.